The van der Waals surface area contributed by atoms with Gasteiger partial charge in [-0.1, -0.05) is 30.3 Å². The van der Waals surface area contributed by atoms with Gasteiger partial charge in [-0.15, -0.1) is 0 Å². The van der Waals surface area contributed by atoms with Crippen LogP contribution in [0.4, 0.5) is 4.39 Å². The summed E-state index contributed by atoms with van der Waals surface area (Å²) in [6.45, 7) is 2.02. The third kappa shape index (κ3) is 3.95. The third-order valence-corrected chi connectivity index (χ3v) is 4.51. The van der Waals surface area contributed by atoms with Gasteiger partial charge in [0, 0.05) is 17.1 Å². The predicted octanol–water partition coefficient (Wildman–Crippen LogP) is 4.31. The minimum absolute atomic E-state index is 0.0235. The first-order chi connectivity index (χ1) is 9.60. The van der Waals surface area contributed by atoms with Crippen molar-refractivity contribution in [1.82, 2.24) is 4.98 Å². The molecule has 2 rings (SSSR count). The summed E-state index contributed by atoms with van der Waals surface area (Å²) in [6, 6.07) is 8.33. The fraction of sp³-hybridized carbons (Fsp3) is 0.267. The molecule has 1 atom stereocenters. The summed E-state index contributed by atoms with van der Waals surface area (Å²) in [7, 11) is 0. The number of rotatable bonds is 5. The van der Waals surface area contributed by atoms with E-state index in [0.29, 0.717) is 16.5 Å². The number of nitrogens with two attached hydrogens (primary N) is 1. The molecule has 0 radical (unpaired) electrons. The van der Waals surface area contributed by atoms with Crippen LogP contribution in [0.25, 0.3) is 0 Å². The summed E-state index contributed by atoms with van der Waals surface area (Å²) < 4.78 is 13.4. The topological polar surface area (TPSA) is 38.9 Å². The molecule has 0 saturated carbocycles. The monoisotopic (exact) mass is 310 g/mol. The standard InChI is InChI=1S/C15H16ClFN2S/c1-2-12(18)9-10-8-11(17)5-6-14(10)20-15-13(16)4-3-7-19-15/h3-8,12H,2,9,18H2,1H3. The van der Waals surface area contributed by atoms with Crippen molar-refractivity contribution in [3.05, 3.63) is 52.9 Å². The van der Waals surface area contributed by atoms with Gasteiger partial charge in [-0.25, -0.2) is 9.37 Å². The van der Waals surface area contributed by atoms with E-state index in [1.165, 1.54) is 23.9 Å². The lowest BCUT2D eigenvalue weighted by Crippen LogP contribution is -2.21. The van der Waals surface area contributed by atoms with Gasteiger partial charge in [0.05, 0.1) is 5.02 Å². The molecule has 0 aliphatic carbocycles. The predicted molar refractivity (Wildman–Crippen MR) is 81.7 cm³/mol. The quantitative estimate of drug-likeness (QED) is 0.894. The Kier molecular flexibility index (Phi) is 5.40. The van der Waals surface area contributed by atoms with E-state index in [2.05, 4.69) is 4.98 Å². The van der Waals surface area contributed by atoms with Gasteiger partial charge in [-0.2, -0.15) is 0 Å². The first-order valence-electron chi connectivity index (χ1n) is 6.42. The van der Waals surface area contributed by atoms with Crippen molar-refractivity contribution in [1.29, 1.82) is 0 Å². The number of benzene rings is 1. The molecule has 20 heavy (non-hydrogen) atoms. The maximum absolute atomic E-state index is 13.4. The van der Waals surface area contributed by atoms with Gasteiger partial charge in [0.25, 0.3) is 0 Å². The second kappa shape index (κ2) is 7.07. The van der Waals surface area contributed by atoms with Gasteiger partial charge in [0.15, 0.2) is 0 Å². The molecule has 1 heterocycles. The number of nitrogens with zero attached hydrogens (tertiary/aromatic N) is 1. The smallest absolute Gasteiger partial charge is 0.123 e. The highest BCUT2D eigenvalue weighted by molar-refractivity contribution is 7.99. The van der Waals surface area contributed by atoms with Crippen molar-refractivity contribution in [2.24, 2.45) is 5.73 Å². The molecule has 2 nitrogen and oxygen atoms in total. The highest BCUT2D eigenvalue weighted by Gasteiger charge is 2.11. The zero-order valence-corrected chi connectivity index (χ0v) is 12.7. The van der Waals surface area contributed by atoms with Crippen LogP contribution >= 0.6 is 23.4 Å². The molecular formula is C15H16ClFN2S. The molecule has 0 fully saturated rings. The fourth-order valence-electron chi connectivity index (χ4n) is 1.78. The van der Waals surface area contributed by atoms with Gasteiger partial charge >= 0.3 is 0 Å². The molecule has 106 valence electrons. The number of hydrogen-bond acceptors (Lipinski definition) is 3. The third-order valence-electron chi connectivity index (χ3n) is 2.96. The highest BCUT2D eigenvalue weighted by Crippen LogP contribution is 2.34. The van der Waals surface area contributed by atoms with Crippen LogP contribution in [0.1, 0.15) is 18.9 Å². The lowest BCUT2D eigenvalue weighted by molar-refractivity contribution is 0.609. The number of halogens is 2. The summed E-state index contributed by atoms with van der Waals surface area (Å²) in [6.07, 6.45) is 3.18. The second-order valence-corrected chi connectivity index (χ2v) is 5.95. The van der Waals surface area contributed by atoms with Crippen LogP contribution in [-0.2, 0) is 6.42 Å². The van der Waals surface area contributed by atoms with Crippen molar-refractivity contribution in [2.45, 2.75) is 35.7 Å². The lowest BCUT2D eigenvalue weighted by Gasteiger charge is -2.13. The van der Waals surface area contributed by atoms with Gasteiger partial charge in [-0.05, 0) is 48.7 Å². The Morgan fingerprint density at radius 1 is 1.40 bits per heavy atom. The van der Waals surface area contributed by atoms with E-state index in [4.69, 9.17) is 17.3 Å². The Bertz CT molecular complexity index is 592. The highest BCUT2D eigenvalue weighted by atomic mass is 35.5. The van der Waals surface area contributed by atoms with Gasteiger partial charge in [0.2, 0.25) is 0 Å². The molecule has 1 aromatic heterocycles. The number of aromatic nitrogens is 1. The molecule has 2 N–H and O–H groups in total. The van der Waals surface area contributed by atoms with Crippen molar-refractivity contribution in [2.75, 3.05) is 0 Å². The summed E-state index contributed by atoms with van der Waals surface area (Å²) in [5, 5.41) is 1.31. The van der Waals surface area contributed by atoms with Crippen LogP contribution in [0.3, 0.4) is 0 Å². The molecule has 0 saturated heterocycles. The fourth-order valence-corrected chi connectivity index (χ4v) is 2.92. The first-order valence-corrected chi connectivity index (χ1v) is 7.62. The van der Waals surface area contributed by atoms with E-state index >= 15 is 0 Å². The molecule has 2 aromatic rings. The maximum Gasteiger partial charge on any atom is 0.123 e. The van der Waals surface area contributed by atoms with Crippen LogP contribution in [0.15, 0.2) is 46.5 Å². The average Bonchev–Trinajstić information content (AvgIpc) is 2.44. The summed E-state index contributed by atoms with van der Waals surface area (Å²) in [5.41, 5.74) is 6.87. The summed E-state index contributed by atoms with van der Waals surface area (Å²) in [4.78, 5) is 5.18. The molecule has 0 aliphatic heterocycles. The number of hydrogen-bond donors (Lipinski definition) is 1. The molecule has 1 aromatic carbocycles. The molecule has 0 amide bonds. The molecule has 0 aliphatic rings. The first kappa shape index (κ1) is 15.3. The van der Waals surface area contributed by atoms with Crippen LogP contribution in [-0.4, -0.2) is 11.0 Å². The van der Waals surface area contributed by atoms with Crippen molar-refractivity contribution >= 4 is 23.4 Å². The Morgan fingerprint density at radius 2 is 2.20 bits per heavy atom. The van der Waals surface area contributed by atoms with E-state index in [1.54, 1.807) is 24.4 Å². The van der Waals surface area contributed by atoms with Crippen LogP contribution in [0.2, 0.25) is 5.02 Å². The molecule has 5 heteroatoms. The van der Waals surface area contributed by atoms with Crippen molar-refractivity contribution in [3.63, 3.8) is 0 Å². The number of pyridine rings is 1. The Morgan fingerprint density at radius 3 is 2.90 bits per heavy atom. The molecular weight excluding hydrogens is 295 g/mol. The lowest BCUT2D eigenvalue weighted by atomic mass is 10.0. The minimum atomic E-state index is -0.250. The van der Waals surface area contributed by atoms with Crippen molar-refractivity contribution in [3.8, 4) is 0 Å². The normalized spacial score (nSPS) is 12.4. The summed E-state index contributed by atoms with van der Waals surface area (Å²) in [5.74, 6) is -0.250. The maximum atomic E-state index is 13.4. The van der Waals surface area contributed by atoms with E-state index in [1.807, 2.05) is 6.92 Å². The molecule has 1 unspecified atom stereocenters. The zero-order chi connectivity index (χ0) is 14.5. The van der Waals surface area contributed by atoms with E-state index in [9.17, 15) is 4.39 Å². The van der Waals surface area contributed by atoms with E-state index < -0.39 is 0 Å². The molecule has 0 spiro atoms. The Balaban J connectivity index is 2.29. The van der Waals surface area contributed by atoms with Gasteiger partial charge in [-0.3, -0.25) is 0 Å². The average molecular weight is 311 g/mol. The SMILES string of the molecule is CCC(N)Cc1cc(F)ccc1Sc1ncccc1Cl. The Hall–Kier alpha value is -1.10. The van der Waals surface area contributed by atoms with E-state index in [0.717, 1.165) is 16.9 Å². The Labute approximate surface area is 127 Å². The van der Waals surface area contributed by atoms with Gasteiger partial charge < -0.3 is 5.73 Å². The van der Waals surface area contributed by atoms with Crippen LogP contribution < -0.4 is 5.73 Å². The zero-order valence-electron chi connectivity index (χ0n) is 11.1. The van der Waals surface area contributed by atoms with Crippen LogP contribution in [0.5, 0.6) is 0 Å². The van der Waals surface area contributed by atoms with E-state index in [-0.39, 0.29) is 11.9 Å². The van der Waals surface area contributed by atoms with Crippen molar-refractivity contribution < 1.29 is 4.39 Å². The molecule has 0 bridgehead atoms. The van der Waals surface area contributed by atoms with Crippen LogP contribution in [0, 0.1) is 5.82 Å². The van der Waals surface area contributed by atoms with Gasteiger partial charge in [0.1, 0.15) is 10.8 Å². The summed E-state index contributed by atoms with van der Waals surface area (Å²) >= 11 is 7.55. The minimum Gasteiger partial charge on any atom is -0.327 e. The largest absolute Gasteiger partial charge is 0.327 e. The second-order valence-electron chi connectivity index (χ2n) is 4.52.